The molecule has 0 aliphatic rings. The number of nitrogens with zero attached hydrogens (tertiary/aromatic N) is 1. The van der Waals surface area contributed by atoms with Gasteiger partial charge >= 0.3 is 0 Å². The van der Waals surface area contributed by atoms with Crippen molar-refractivity contribution in [2.24, 2.45) is 0 Å². The summed E-state index contributed by atoms with van der Waals surface area (Å²) < 4.78 is 11.7. The number of rotatable bonds is 6. The molecule has 0 fully saturated rings. The minimum absolute atomic E-state index is 0.345. The van der Waals surface area contributed by atoms with Crippen molar-refractivity contribution < 1.29 is 9.47 Å². The highest BCUT2D eigenvalue weighted by atomic mass is 16.5. The lowest BCUT2D eigenvalue weighted by molar-refractivity contribution is 0.153. The van der Waals surface area contributed by atoms with Crippen LogP contribution in [0.3, 0.4) is 0 Å². The molecule has 1 N–H and O–H groups in total. The number of ether oxygens (including phenoxy) is 2. The molecular weight excluding hydrogens is 348 g/mol. The molecule has 1 aromatic heterocycles. The van der Waals surface area contributed by atoms with Crippen molar-refractivity contribution in [1.29, 1.82) is 0 Å². The van der Waals surface area contributed by atoms with Crippen LogP contribution in [0.5, 0.6) is 5.75 Å². The van der Waals surface area contributed by atoms with Gasteiger partial charge in [-0.15, -0.1) is 0 Å². The van der Waals surface area contributed by atoms with Crippen LogP contribution in [0, 0.1) is 11.8 Å². The Hall–Kier alpha value is -3.55. The van der Waals surface area contributed by atoms with Crippen molar-refractivity contribution in [2.75, 3.05) is 6.61 Å². The van der Waals surface area contributed by atoms with Gasteiger partial charge in [0.05, 0.1) is 23.9 Å². The van der Waals surface area contributed by atoms with Crippen molar-refractivity contribution in [3.8, 4) is 17.6 Å². The Bertz CT molecular complexity index is 1090. The van der Waals surface area contributed by atoms with Crippen LogP contribution < -0.4 is 4.74 Å². The molecule has 0 amide bonds. The zero-order chi connectivity index (χ0) is 19.0. The van der Waals surface area contributed by atoms with Gasteiger partial charge in [0, 0.05) is 5.39 Å². The second kappa shape index (κ2) is 8.90. The number of aromatic amines is 1. The Morgan fingerprint density at radius 2 is 1.54 bits per heavy atom. The quantitative estimate of drug-likeness (QED) is 0.396. The first-order valence-corrected chi connectivity index (χ1v) is 9.13. The molecule has 0 radical (unpaired) electrons. The second-order valence-electron chi connectivity index (χ2n) is 6.33. The van der Waals surface area contributed by atoms with Gasteiger partial charge in [0.25, 0.3) is 0 Å². The molecule has 28 heavy (non-hydrogen) atoms. The molecule has 0 spiro atoms. The average molecular weight is 368 g/mol. The molecule has 138 valence electrons. The van der Waals surface area contributed by atoms with Crippen molar-refractivity contribution in [3.05, 3.63) is 95.7 Å². The van der Waals surface area contributed by atoms with E-state index in [2.05, 4.69) is 22.0 Å². The average Bonchev–Trinajstić information content (AvgIpc) is 3.23. The van der Waals surface area contributed by atoms with Crippen molar-refractivity contribution in [3.63, 3.8) is 0 Å². The third kappa shape index (κ3) is 4.40. The summed E-state index contributed by atoms with van der Waals surface area (Å²) in [7, 11) is 0. The highest BCUT2D eigenvalue weighted by Gasteiger charge is 2.09. The predicted molar refractivity (Wildman–Crippen MR) is 110 cm³/mol. The predicted octanol–water partition coefficient (Wildman–Crippen LogP) is 4.71. The van der Waals surface area contributed by atoms with Crippen LogP contribution in [0.1, 0.15) is 16.7 Å². The zero-order valence-electron chi connectivity index (χ0n) is 15.4. The fourth-order valence-electron chi connectivity index (χ4n) is 2.89. The normalized spacial score (nSPS) is 10.4. The Morgan fingerprint density at radius 3 is 2.29 bits per heavy atom. The molecule has 1 heterocycles. The van der Waals surface area contributed by atoms with E-state index in [0.29, 0.717) is 19.8 Å². The topological polar surface area (TPSA) is 47.1 Å². The Kier molecular flexibility index (Phi) is 5.67. The SMILES string of the molecule is C(#Cc1c(OCc2ccccc2)ccc2cn[nH]c12)COCc1ccccc1. The maximum Gasteiger partial charge on any atom is 0.137 e. The molecule has 4 heteroatoms. The molecule has 0 unspecified atom stereocenters. The Balaban J connectivity index is 1.48. The number of benzene rings is 3. The van der Waals surface area contributed by atoms with Crippen molar-refractivity contribution in [2.45, 2.75) is 13.2 Å². The van der Waals surface area contributed by atoms with Gasteiger partial charge in [0.15, 0.2) is 0 Å². The number of nitrogens with one attached hydrogen (secondary N) is 1. The Labute approximate surface area is 164 Å². The van der Waals surface area contributed by atoms with Crippen molar-refractivity contribution >= 4 is 10.9 Å². The van der Waals surface area contributed by atoms with E-state index in [1.807, 2.05) is 72.8 Å². The lowest BCUT2D eigenvalue weighted by Crippen LogP contribution is -1.98. The summed E-state index contributed by atoms with van der Waals surface area (Å²) in [5, 5.41) is 8.15. The summed E-state index contributed by atoms with van der Waals surface area (Å²) in [6.07, 6.45) is 1.79. The maximum atomic E-state index is 6.04. The summed E-state index contributed by atoms with van der Waals surface area (Å²) in [6.45, 7) is 1.37. The van der Waals surface area contributed by atoms with Crippen LogP contribution in [0.15, 0.2) is 79.0 Å². The van der Waals surface area contributed by atoms with Crippen LogP contribution in [-0.2, 0) is 18.0 Å². The fraction of sp³-hybridized carbons (Fsp3) is 0.125. The van der Waals surface area contributed by atoms with Gasteiger partial charge in [-0.25, -0.2) is 0 Å². The third-order valence-electron chi connectivity index (χ3n) is 4.32. The van der Waals surface area contributed by atoms with E-state index >= 15 is 0 Å². The van der Waals surface area contributed by atoms with Gasteiger partial charge in [-0.05, 0) is 23.3 Å². The highest BCUT2D eigenvalue weighted by molar-refractivity contribution is 5.86. The van der Waals surface area contributed by atoms with E-state index in [9.17, 15) is 0 Å². The molecule has 0 saturated carbocycles. The van der Waals surface area contributed by atoms with Gasteiger partial charge in [-0.1, -0.05) is 72.5 Å². The molecule has 4 rings (SSSR count). The number of H-pyrrole nitrogens is 1. The molecule has 0 bridgehead atoms. The lowest BCUT2D eigenvalue weighted by atomic mass is 10.1. The number of hydrogen-bond acceptors (Lipinski definition) is 3. The van der Waals surface area contributed by atoms with E-state index in [1.54, 1.807) is 6.20 Å². The lowest BCUT2D eigenvalue weighted by Gasteiger charge is -2.09. The smallest absolute Gasteiger partial charge is 0.137 e. The number of hydrogen-bond donors (Lipinski definition) is 1. The van der Waals surface area contributed by atoms with E-state index in [1.165, 1.54) is 0 Å². The molecule has 4 aromatic rings. The summed E-state index contributed by atoms with van der Waals surface area (Å²) in [4.78, 5) is 0. The van der Waals surface area contributed by atoms with E-state index in [4.69, 9.17) is 9.47 Å². The minimum atomic E-state index is 0.345. The van der Waals surface area contributed by atoms with E-state index in [0.717, 1.165) is 33.3 Å². The largest absolute Gasteiger partial charge is 0.488 e. The standard InChI is InChI=1S/C24H20N2O2/c1-3-8-19(9-4-1)17-27-15-7-12-22-23(14-13-21-16-25-26-24(21)22)28-18-20-10-5-2-6-11-20/h1-6,8-11,13-14,16H,15,17-18H2,(H,25,26). The summed E-state index contributed by atoms with van der Waals surface area (Å²) in [5.74, 6) is 7.02. The highest BCUT2D eigenvalue weighted by Crippen LogP contribution is 2.26. The molecule has 0 aliphatic heterocycles. The Morgan fingerprint density at radius 1 is 0.821 bits per heavy atom. The summed E-state index contributed by atoms with van der Waals surface area (Å²) in [5.41, 5.74) is 3.92. The monoisotopic (exact) mass is 368 g/mol. The summed E-state index contributed by atoms with van der Waals surface area (Å²) in [6, 6.07) is 24.1. The number of fused-ring (bicyclic) bond motifs is 1. The first kappa shape index (κ1) is 17.8. The first-order chi connectivity index (χ1) is 13.9. The molecule has 4 nitrogen and oxygen atoms in total. The molecule has 0 saturated heterocycles. The molecule has 0 atom stereocenters. The summed E-state index contributed by atoms with van der Waals surface area (Å²) >= 11 is 0. The second-order valence-corrected chi connectivity index (χ2v) is 6.33. The van der Waals surface area contributed by atoms with Gasteiger partial charge in [0.1, 0.15) is 19.0 Å². The van der Waals surface area contributed by atoms with Crippen LogP contribution >= 0.6 is 0 Å². The van der Waals surface area contributed by atoms with E-state index < -0.39 is 0 Å². The molecule has 0 aliphatic carbocycles. The van der Waals surface area contributed by atoms with Crippen LogP contribution in [-0.4, -0.2) is 16.8 Å². The maximum absolute atomic E-state index is 6.04. The third-order valence-corrected chi connectivity index (χ3v) is 4.32. The van der Waals surface area contributed by atoms with Crippen LogP contribution in [0.4, 0.5) is 0 Å². The van der Waals surface area contributed by atoms with Gasteiger partial charge in [-0.3, -0.25) is 5.10 Å². The first-order valence-electron chi connectivity index (χ1n) is 9.13. The molecular formula is C24H20N2O2. The number of aromatic nitrogens is 2. The van der Waals surface area contributed by atoms with Crippen molar-refractivity contribution in [1.82, 2.24) is 10.2 Å². The van der Waals surface area contributed by atoms with Gasteiger partial charge in [0.2, 0.25) is 0 Å². The fourth-order valence-corrected chi connectivity index (χ4v) is 2.89. The van der Waals surface area contributed by atoms with Crippen LogP contribution in [0.25, 0.3) is 10.9 Å². The van der Waals surface area contributed by atoms with Crippen LogP contribution in [0.2, 0.25) is 0 Å². The van der Waals surface area contributed by atoms with E-state index in [-0.39, 0.29) is 0 Å². The minimum Gasteiger partial charge on any atom is -0.488 e. The van der Waals surface area contributed by atoms with Gasteiger partial charge in [-0.2, -0.15) is 5.10 Å². The zero-order valence-corrected chi connectivity index (χ0v) is 15.4. The van der Waals surface area contributed by atoms with Gasteiger partial charge < -0.3 is 9.47 Å². The molecule has 3 aromatic carbocycles.